The van der Waals surface area contributed by atoms with E-state index in [0.29, 0.717) is 5.15 Å². The summed E-state index contributed by atoms with van der Waals surface area (Å²) >= 11 is 6.24. The van der Waals surface area contributed by atoms with E-state index in [4.69, 9.17) is 11.6 Å². The lowest BCUT2D eigenvalue weighted by Crippen LogP contribution is -2.53. The minimum atomic E-state index is 0.238. The number of piperazine rings is 1. The second-order valence-electron chi connectivity index (χ2n) is 6.36. The molecule has 2 heterocycles. The quantitative estimate of drug-likeness (QED) is 0.803. The number of rotatable bonds is 3. The number of halogens is 1. The lowest BCUT2D eigenvalue weighted by atomic mass is 10.0. The minimum Gasteiger partial charge on any atom is -0.354 e. The van der Waals surface area contributed by atoms with Crippen LogP contribution in [-0.2, 0) is 6.42 Å². The first kappa shape index (κ1) is 15.5. The van der Waals surface area contributed by atoms with Gasteiger partial charge in [-0.05, 0) is 27.2 Å². The maximum Gasteiger partial charge on any atom is 0.137 e. The summed E-state index contributed by atoms with van der Waals surface area (Å²) in [6, 6.07) is 0. The van der Waals surface area contributed by atoms with Crippen LogP contribution in [0.2, 0.25) is 5.15 Å². The Labute approximate surface area is 127 Å². The first-order valence-corrected chi connectivity index (χ1v) is 7.80. The first-order valence-electron chi connectivity index (χ1n) is 7.43. The maximum absolute atomic E-state index is 6.24. The molecule has 0 saturated carbocycles. The van der Waals surface area contributed by atoms with Gasteiger partial charge in [-0.2, -0.15) is 0 Å². The Bertz CT molecular complexity index is 448. The summed E-state index contributed by atoms with van der Waals surface area (Å²) in [5.41, 5.74) is 1.34. The van der Waals surface area contributed by atoms with Crippen LogP contribution in [0.5, 0.6) is 0 Å². The Kier molecular flexibility index (Phi) is 4.86. The summed E-state index contributed by atoms with van der Waals surface area (Å²) in [4.78, 5) is 13.5. The van der Waals surface area contributed by atoms with E-state index < -0.39 is 0 Å². The van der Waals surface area contributed by atoms with Crippen LogP contribution in [-0.4, -0.2) is 46.6 Å². The van der Waals surface area contributed by atoms with Gasteiger partial charge in [0.2, 0.25) is 0 Å². The van der Waals surface area contributed by atoms with Gasteiger partial charge in [-0.1, -0.05) is 24.9 Å². The van der Waals surface area contributed by atoms with Crippen LogP contribution in [0.15, 0.2) is 6.33 Å². The molecule has 0 N–H and O–H groups in total. The third kappa shape index (κ3) is 3.41. The van der Waals surface area contributed by atoms with Crippen molar-refractivity contribution in [2.24, 2.45) is 0 Å². The van der Waals surface area contributed by atoms with Crippen molar-refractivity contribution in [3.63, 3.8) is 0 Å². The SMILES string of the molecule is CCCc1c(Cl)ncnc1N1CCN(C(C)(C)C)CC1. The van der Waals surface area contributed by atoms with Crippen molar-refractivity contribution in [3.8, 4) is 0 Å². The van der Waals surface area contributed by atoms with Crippen molar-refractivity contribution in [3.05, 3.63) is 17.0 Å². The second kappa shape index (κ2) is 6.27. The van der Waals surface area contributed by atoms with Crippen molar-refractivity contribution in [2.75, 3.05) is 31.1 Å². The van der Waals surface area contributed by atoms with Crippen LogP contribution in [0.1, 0.15) is 39.7 Å². The van der Waals surface area contributed by atoms with Crippen LogP contribution in [0.3, 0.4) is 0 Å². The zero-order chi connectivity index (χ0) is 14.8. The molecule has 0 aromatic carbocycles. The molecule has 0 atom stereocenters. The van der Waals surface area contributed by atoms with E-state index in [2.05, 4.69) is 47.5 Å². The Morgan fingerprint density at radius 2 is 1.80 bits per heavy atom. The smallest absolute Gasteiger partial charge is 0.137 e. The number of aromatic nitrogens is 2. The third-order valence-corrected chi connectivity index (χ3v) is 4.22. The summed E-state index contributed by atoms with van der Waals surface area (Å²) < 4.78 is 0. The molecule has 0 radical (unpaired) electrons. The number of nitrogens with zero attached hydrogens (tertiary/aromatic N) is 4. The molecule has 1 aromatic rings. The van der Waals surface area contributed by atoms with Crippen molar-refractivity contribution in [1.82, 2.24) is 14.9 Å². The van der Waals surface area contributed by atoms with Crippen LogP contribution in [0.25, 0.3) is 0 Å². The van der Waals surface area contributed by atoms with Crippen LogP contribution >= 0.6 is 11.6 Å². The van der Waals surface area contributed by atoms with E-state index in [9.17, 15) is 0 Å². The Balaban J connectivity index is 2.13. The summed E-state index contributed by atoms with van der Waals surface area (Å²) in [5, 5.41) is 0.607. The number of hydrogen-bond acceptors (Lipinski definition) is 4. The fraction of sp³-hybridized carbons (Fsp3) is 0.733. The highest BCUT2D eigenvalue weighted by molar-refractivity contribution is 6.30. The van der Waals surface area contributed by atoms with Crippen molar-refractivity contribution in [1.29, 1.82) is 0 Å². The van der Waals surface area contributed by atoms with Crippen LogP contribution in [0, 0.1) is 0 Å². The Morgan fingerprint density at radius 1 is 1.15 bits per heavy atom. The Morgan fingerprint density at radius 3 is 2.35 bits per heavy atom. The molecule has 1 aliphatic rings. The fourth-order valence-corrected chi connectivity index (χ4v) is 2.93. The topological polar surface area (TPSA) is 32.3 Å². The molecule has 0 unspecified atom stereocenters. The molecule has 0 spiro atoms. The summed E-state index contributed by atoms with van der Waals surface area (Å²) in [6.45, 7) is 13.1. The van der Waals surface area contributed by atoms with Gasteiger partial charge in [-0.15, -0.1) is 0 Å². The fourth-order valence-electron chi connectivity index (χ4n) is 2.71. The van der Waals surface area contributed by atoms with Gasteiger partial charge in [0.1, 0.15) is 17.3 Å². The van der Waals surface area contributed by atoms with Crippen molar-refractivity contribution >= 4 is 17.4 Å². The zero-order valence-electron chi connectivity index (χ0n) is 13.0. The predicted molar refractivity (Wildman–Crippen MR) is 84.6 cm³/mol. The van der Waals surface area contributed by atoms with Gasteiger partial charge in [0.05, 0.1) is 0 Å². The molecule has 1 aliphatic heterocycles. The van der Waals surface area contributed by atoms with E-state index in [1.165, 1.54) is 0 Å². The maximum atomic E-state index is 6.24. The molecule has 112 valence electrons. The monoisotopic (exact) mass is 296 g/mol. The average molecular weight is 297 g/mol. The molecule has 0 amide bonds. The van der Waals surface area contributed by atoms with Gasteiger partial charge in [0.25, 0.3) is 0 Å². The molecule has 4 nitrogen and oxygen atoms in total. The molecule has 1 aromatic heterocycles. The largest absolute Gasteiger partial charge is 0.354 e. The molecular weight excluding hydrogens is 272 g/mol. The molecular formula is C15H25ClN4. The van der Waals surface area contributed by atoms with Crippen LogP contribution in [0.4, 0.5) is 5.82 Å². The molecule has 20 heavy (non-hydrogen) atoms. The highest BCUT2D eigenvalue weighted by Gasteiger charge is 2.27. The van der Waals surface area contributed by atoms with E-state index >= 15 is 0 Å². The highest BCUT2D eigenvalue weighted by Crippen LogP contribution is 2.26. The van der Waals surface area contributed by atoms with Crippen molar-refractivity contribution in [2.45, 2.75) is 46.1 Å². The van der Waals surface area contributed by atoms with E-state index in [1.807, 2.05) is 0 Å². The molecule has 1 saturated heterocycles. The average Bonchev–Trinajstić information content (AvgIpc) is 2.40. The van der Waals surface area contributed by atoms with Crippen LogP contribution < -0.4 is 4.90 Å². The molecule has 2 rings (SSSR count). The molecule has 0 bridgehead atoms. The minimum absolute atomic E-state index is 0.238. The summed E-state index contributed by atoms with van der Waals surface area (Å²) in [6.07, 6.45) is 3.57. The second-order valence-corrected chi connectivity index (χ2v) is 6.72. The van der Waals surface area contributed by atoms with Gasteiger partial charge >= 0.3 is 0 Å². The Hall–Kier alpha value is -0.870. The van der Waals surface area contributed by atoms with E-state index in [1.54, 1.807) is 6.33 Å². The lowest BCUT2D eigenvalue weighted by molar-refractivity contribution is 0.128. The van der Waals surface area contributed by atoms with Gasteiger partial charge < -0.3 is 4.90 Å². The van der Waals surface area contributed by atoms with Gasteiger partial charge in [-0.25, -0.2) is 9.97 Å². The summed E-state index contributed by atoms with van der Waals surface area (Å²) in [5.74, 6) is 1.03. The lowest BCUT2D eigenvalue weighted by Gasteiger charge is -2.43. The van der Waals surface area contributed by atoms with E-state index in [0.717, 1.165) is 50.4 Å². The zero-order valence-corrected chi connectivity index (χ0v) is 13.7. The standard InChI is InChI=1S/C15H25ClN4/c1-5-6-12-13(16)17-11-18-14(12)19-7-9-20(10-8-19)15(2,3)4/h11H,5-10H2,1-4H3. The molecule has 0 aliphatic carbocycles. The molecule has 5 heteroatoms. The normalized spacial score (nSPS) is 17.6. The predicted octanol–water partition coefficient (Wildman–Crippen LogP) is 3.00. The van der Waals surface area contributed by atoms with Gasteiger partial charge in [-0.3, -0.25) is 4.90 Å². The molecule has 1 fully saturated rings. The number of hydrogen-bond donors (Lipinski definition) is 0. The number of anilines is 1. The van der Waals surface area contributed by atoms with Crippen molar-refractivity contribution < 1.29 is 0 Å². The third-order valence-electron chi connectivity index (χ3n) is 3.90. The summed E-state index contributed by atoms with van der Waals surface area (Å²) in [7, 11) is 0. The first-order chi connectivity index (χ1) is 9.43. The van der Waals surface area contributed by atoms with E-state index in [-0.39, 0.29) is 5.54 Å². The van der Waals surface area contributed by atoms with Gasteiger partial charge in [0.15, 0.2) is 0 Å². The van der Waals surface area contributed by atoms with Gasteiger partial charge in [0, 0.05) is 37.3 Å². The highest BCUT2D eigenvalue weighted by atomic mass is 35.5.